The van der Waals surface area contributed by atoms with Gasteiger partial charge in [0.2, 0.25) is 0 Å². The zero-order valence-corrected chi connectivity index (χ0v) is 16.6. The monoisotopic (exact) mass is 409 g/mol. The summed E-state index contributed by atoms with van der Waals surface area (Å²) in [4.78, 5) is 16.9. The maximum absolute atomic E-state index is 12.5. The van der Waals surface area contributed by atoms with Gasteiger partial charge >= 0.3 is 6.03 Å². The molecule has 0 radical (unpaired) electrons. The molecule has 0 aliphatic carbocycles. The number of nitrogens with one attached hydrogen (secondary N) is 1. The summed E-state index contributed by atoms with van der Waals surface area (Å²) in [5.74, 6) is 0.269. The number of hydrogen-bond donors (Lipinski definition) is 2. The summed E-state index contributed by atoms with van der Waals surface area (Å²) >= 11 is 3.49. The predicted octanol–water partition coefficient (Wildman–Crippen LogP) is 2.79. The van der Waals surface area contributed by atoms with E-state index in [0.29, 0.717) is 0 Å². The van der Waals surface area contributed by atoms with Gasteiger partial charge in [-0.1, -0.05) is 28.1 Å². The van der Waals surface area contributed by atoms with Gasteiger partial charge in [0.15, 0.2) is 0 Å². The number of nitrogens with zero attached hydrogens (tertiary/aromatic N) is 2. The van der Waals surface area contributed by atoms with E-state index in [2.05, 4.69) is 50.4 Å². The molecule has 0 bridgehead atoms. The molecular weight excluding hydrogens is 382 g/mol. The lowest BCUT2D eigenvalue weighted by Crippen LogP contribution is -2.68. The summed E-state index contributed by atoms with van der Waals surface area (Å²) in [5.41, 5.74) is 1.24. The average molecular weight is 410 g/mol. The number of rotatable bonds is 3. The van der Waals surface area contributed by atoms with Crippen LogP contribution in [0.4, 0.5) is 4.79 Å². The molecule has 138 valence electrons. The predicted molar refractivity (Wildman–Crippen MR) is 103 cm³/mol. The van der Waals surface area contributed by atoms with E-state index in [-0.39, 0.29) is 36.7 Å². The Morgan fingerprint density at radius 3 is 2.60 bits per heavy atom. The molecule has 2 N–H and O–H groups in total. The Balaban J connectivity index is 1.80. The molecule has 2 aliphatic rings. The average Bonchev–Trinajstić information content (AvgIpc) is 2.54. The van der Waals surface area contributed by atoms with Crippen molar-refractivity contribution in [2.24, 2.45) is 0 Å². The quantitative estimate of drug-likeness (QED) is 0.806. The first-order valence-corrected chi connectivity index (χ1v) is 9.98. The van der Waals surface area contributed by atoms with Gasteiger partial charge in [-0.25, -0.2) is 4.79 Å². The van der Waals surface area contributed by atoms with E-state index in [1.54, 1.807) is 0 Å². The highest BCUT2D eigenvalue weighted by atomic mass is 79.9. The molecule has 0 spiro atoms. The van der Waals surface area contributed by atoms with Crippen molar-refractivity contribution in [3.8, 4) is 0 Å². The maximum atomic E-state index is 12.5. The van der Waals surface area contributed by atoms with Gasteiger partial charge in [0.05, 0.1) is 6.61 Å². The number of hydrogen-bond acceptors (Lipinski definition) is 3. The highest BCUT2D eigenvalue weighted by molar-refractivity contribution is 9.10. The van der Waals surface area contributed by atoms with Crippen LogP contribution >= 0.6 is 15.9 Å². The first-order valence-electron chi connectivity index (χ1n) is 9.18. The smallest absolute Gasteiger partial charge is 0.317 e. The normalized spacial score (nSPS) is 27.2. The van der Waals surface area contributed by atoms with E-state index in [1.807, 2.05) is 18.7 Å². The van der Waals surface area contributed by atoms with E-state index >= 15 is 0 Å². The van der Waals surface area contributed by atoms with Gasteiger partial charge < -0.3 is 15.3 Å². The summed E-state index contributed by atoms with van der Waals surface area (Å²) in [6.45, 7) is 6.67. The lowest BCUT2D eigenvalue weighted by molar-refractivity contribution is -0.0591. The Morgan fingerprint density at radius 1 is 1.28 bits per heavy atom. The zero-order valence-electron chi connectivity index (χ0n) is 15.0. The van der Waals surface area contributed by atoms with Gasteiger partial charge in [-0.05, 0) is 50.9 Å². The van der Waals surface area contributed by atoms with Crippen LogP contribution in [0.3, 0.4) is 0 Å². The number of carbonyl (C=O) groups excluding carboxylic acids is 1. The second kappa shape index (κ2) is 8.06. The molecular formula is C19H28BrN3O2. The molecule has 2 fully saturated rings. The Morgan fingerprint density at radius 2 is 1.96 bits per heavy atom. The summed E-state index contributed by atoms with van der Waals surface area (Å²) in [6.07, 6.45) is 2.07. The van der Waals surface area contributed by atoms with Crippen molar-refractivity contribution in [1.82, 2.24) is 15.1 Å². The van der Waals surface area contributed by atoms with Crippen molar-refractivity contribution in [2.45, 2.75) is 50.7 Å². The van der Waals surface area contributed by atoms with Crippen LogP contribution < -0.4 is 5.32 Å². The number of urea groups is 1. The van der Waals surface area contributed by atoms with Crippen molar-refractivity contribution in [3.05, 3.63) is 34.3 Å². The Labute approximate surface area is 158 Å². The number of amides is 2. The topological polar surface area (TPSA) is 55.8 Å². The molecule has 3 rings (SSSR count). The van der Waals surface area contributed by atoms with Crippen molar-refractivity contribution in [3.63, 3.8) is 0 Å². The molecule has 1 aromatic carbocycles. The molecule has 3 atom stereocenters. The van der Waals surface area contributed by atoms with Crippen molar-refractivity contribution in [2.75, 3.05) is 26.2 Å². The van der Waals surface area contributed by atoms with Crippen molar-refractivity contribution < 1.29 is 9.90 Å². The molecule has 2 aliphatic heterocycles. The minimum Gasteiger partial charge on any atom is -0.395 e. The van der Waals surface area contributed by atoms with E-state index in [0.717, 1.165) is 36.9 Å². The fraction of sp³-hybridized carbons (Fsp3) is 0.632. The Hall–Kier alpha value is -1.11. The minimum atomic E-state index is 0.0267. The highest BCUT2D eigenvalue weighted by Gasteiger charge is 2.49. The SMILES string of the molecule is CC(C)NC(=O)N1CCCCN2[C@H](CO)[C@H](c3ccc(Br)cc3)[C@@H]2C1. The number of aliphatic hydroxyl groups is 1. The molecule has 5 nitrogen and oxygen atoms in total. The number of halogens is 1. The van der Waals surface area contributed by atoms with Gasteiger partial charge in [-0.3, -0.25) is 4.90 Å². The summed E-state index contributed by atoms with van der Waals surface area (Å²) in [7, 11) is 0. The zero-order chi connectivity index (χ0) is 18.0. The summed E-state index contributed by atoms with van der Waals surface area (Å²) in [6, 6.07) is 8.97. The summed E-state index contributed by atoms with van der Waals surface area (Å²) < 4.78 is 1.06. The molecule has 1 aromatic rings. The van der Waals surface area contributed by atoms with Crippen LogP contribution in [0.25, 0.3) is 0 Å². The second-order valence-electron chi connectivity index (χ2n) is 7.39. The largest absolute Gasteiger partial charge is 0.395 e. The molecule has 0 saturated carbocycles. The third-order valence-electron chi connectivity index (χ3n) is 5.32. The fourth-order valence-electron chi connectivity index (χ4n) is 4.15. The standard InChI is InChI=1S/C19H28BrN3O2/c1-13(2)21-19(25)22-9-3-4-10-23-16(11-22)18(17(23)12-24)14-5-7-15(20)8-6-14/h5-8,13,16-18,24H,3-4,9-12H2,1-2H3,(H,21,25)/t16-,17+,18+/m0/s1. The Kier molecular flexibility index (Phi) is 6.02. The number of carbonyl (C=O) groups is 1. The third-order valence-corrected chi connectivity index (χ3v) is 5.85. The van der Waals surface area contributed by atoms with E-state index < -0.39 is 0 Å². The van der Waals surface area contributed by atoms with Crippen LogP contribution in [0.1, 0.15) is 38.2 Å². The lowest BCUT2D eigenvalue weighted by Gasteiger charge is -2.57. The number of fused-ring (bicyclic) bond motifs is 1. The number of benzene rings is 1. The fourth-order valence-corrected chi connectivity index (χ4v) is 4.41. The van der Waals surface area contributed by atoms with Gasteiger partial charge in [-0.15, -0.1) is 0 Å². The van der Waals surface area contributed by atoms with Crippen molar-refractivity contribution in [1.29, 1.82) is 0 Å². The van der Waals surface area contributed by atoms with Crippen LogP contribution in [0.15, 0.2) is 28.7 Å². The van der Waals surface area contributed by atoms with Gasteiger partial charge in [0.1, 0.15) is 0 Å². The molecule has 0 unspecified atom stereocenters. The minimum absolute atomic E-state index is 0.0267. The third kappa shape index (κ3) is 4.01. The second-order valence-corrected chi connectivity index (χ2v) is 8.31. The molecule has 6 heteroatoms. The first-order chi connectivity index (χ1) is 12.0. The van der Waals surface area contributed by atoms with Crippen LogP contribution in [0.2, 0.25) is 0 Å². The van der Waals surface area contributed by atoms with Crippen LogP contribution in [-0.4, -0.2) is 65.3 Å². The summed E-state index contributed by atoms with van der Waals surface area (Å²) in [5, 5.41) is 12.9. The first kappa shape index (κ1) is 18.7. The molecule has 0 aromatic heterocycles. The lowest BCUT2D eigenvalue weighted by atomic mass is 9.74. The van der Waals surface area contributed by atoms with Crippen LogP contribution in [0, 0.1) is 0 Å². The van der Waals surface area contributed by atoms with Gasteiger partial charge in [0, 0.05) is 41.6 Å². The maximum Gasteiger partial charge on any atom is 0.317 e. The molecule has 2 saturated heterocycles. The van der Waals surface area contributed by atoms with E-state index in [9.17, 15) is 9.90 Å². The molecule has 25 heavy (non-hydrogen) atoms. The molecule has 2 amide bonds. The molecule has 2 heterocycles. The van der Waals surface area contributed by atoms with E-state index in [1.165, 1.54) is 5.56 Å². The van der Waals surface area contributed by atoms with Crippen LogP contribution in [0.5, 0.6) is 0 Å². The highest BCUT2D eigenvalue weighted by Crippen LogP contribution is 2.42. The van der Waals surface area contributed by atoms with Crippen LogP contribution in [-0.2, 0) is 0 Å². The van der Waals surface area contributed by atoms with Crippen molar-refractivity contribution >= 4 is 22.0 Å². The Bertz CT molecular complexity index is 593. The van der Waals surface area contributed by atoms with Gasteiger partial charge in [-0.2, -0.15) is 0 Å². The van der Waals surface area contributed by atoms with Gasteiger partial charge in [0.25, 0.3) is 0 Å². The number of aliphatic hydroxyl groups excluding tert-OH is 1. The van der Waals surface area contributed by atoms with E-state index in [4.69, 9.17) is 0 Å².